The summed E-state index contributed by atoms with van der Waals surface area (Å²) in [5, 5.41) is 0. The van der Waals surface area contributed by atoms with Crippen molar-refractivity contribution >= 4 is 11.4 Å². The molecular formula is C32H34F4N6O2. The fourth-order valence-electron chi connectivity index (χ4n) is 5.72. The number of nitrogen functional groups attached to an aromatic ring is 1. The monoisotopic (exact) mass is 610 g/mol. The third kappa shape index (κ3) is 6.56. The van der Waals surface area contributed by atoms with Gasteiger partial charge in [-0.05, 0) is 42.3 Å². The summed E-state index contributed by atoms with van der Waals surface area (Å²) in [5.74, 6) is -1.10. The average Bonchev–Trinajstić information content (AvgIpc) is 2.99. The molecule has 1 atom stereocenters. The molecule has 0 unspecified atom stereocenters. The lowest BCUT2D eigenvalue weighted by Gasteiger charge is -2.37. The van der Waals surface area contributed by atoms with Crippen molar-refractivity contribution in [2.24, 2.45) is 5.73 Å². The van der Waals surface area contributed by atoms with E-state index in [1.807, 2.05) is 29.2 Å². The quantitative estimate of drug-likeness (QED) is 0.230. The van der Waals surface area contributed by atoms with Crippen molar-refractivity contribution in [2.45, 2.75) is 38.8 Å². The third-order valence-corrected chi connectivity index (χ3v) is 8.05. The fraction of sp³-hybridized carbons (Fsp3) is 0.312. The molecule has 1 aliphatic rings. The van der Waals surface area contributed by atoms with E-state index in [9.17, 15) is 27.2 Å². The van der Waals surface area contributed by atoms with Gasteiger partial charge >= 0.3 is 11.9 Å². The van der Waals surface area contributed by atoms with Crippen LogP contribution in [0.2, 0.25) is 0 Å². The first kappa shape index (κ1) is 31.0. The number of halogens is 4. The van der Waals surface area contributed by atoms with Gasteiger partial charge in [-0.2, -0.15) is 13.2 Å². The number of piperazine rings is 1. The molecule has 0 bridgehead atoms. The summed E-state index contributed by atoms with van der Waals surface area (Å²) in [7, 11) is 0. The normalized spacial score (nSPS) is 15.0. The highest BCUT2D eigenvalue weighted by atomic mass is 19.4. The van der Waals surface area contributed by atoms with Gasteiger partial charge in [0.2, 0.25) is 0 Å². The minimum atomic E-state index is -4.85. The third-order valence-electron chi connectivity index (χ3n) is 8.05. The molecular weight excluding hydrogens is 576 g/mol. The van der Waals surface area contributed by atoms with Gasteiger partial charge in [-0.3, -0.25) is 18.8 Å². The van der Waals surface area contributed by atoms with Crippen LogP contribution in [0.15, 0.2) is 82.4 Å². The molecule has 0 saturated carbocycles. The summed E-state index contributed by atoms with van der Waals surface area (Å²) >= 11 is 0. The summed E-state index contributed by atoms with van der Waals surface area (Å²) in [6.45, 7) is 3.25. The first-order chi connectivity index (χ1) is 20.9. The minimum Gasteiger partial charge on any atom is -0.399 e. The molecule has 0 radical (unpaired) electrons. The van der Waals surface area contributed by atoms with Crippen LogP contribution in [0.5, 0.6) is 0 Å². The molecule has 44 heavy (non-hydrogen) atoms. The van der Waals surface area contributed by atoms with E-state index in [1.165, 1.54) is 6.92 Å². The standard InChI is InChI=1S/C32H34F4N6O2/c1-21-29(40-15-13-39(14-16-40)18-22-7-5-10-24(37)17-22)30(43)42(20-28(38)23-8-3-2-4-9-23)31(44)41(21)19-25-26(32(34,35)36)11-6-12-27(25)33/h2-12,17,28H,13-16,18-20,37-38H2,1H3/t28-/m0/s1. The first-order valence-corrected chi connectivity index (χ1v) is 14.2. The smallest absolute Gasteiger partial charge is 0.399 e. The molecule has 4 aromatic rings. The Balaban J connectivity index is 1.54. The molecule has 12 heteroatoms. The molecule has 0 aliphatic carbocycles. The van der Waals surface area contributed by atoms with Crippen LogP contribution in [0.3, 0.4) is 0 Å². The number of hydrogen-bond acceptors (Lipinski definition) is 6. The second-order valence-corrected chi connectivity index (χ2v) is 11.0. The van der Waals surface area contributed by atoms with Crippen molar-refractivity contribution < 1.29 is 17.6 Å². The van der Waals surface area contributed by atoms with Crippen molar-refractivity contribution in [3.05, 3.63) is 127 Å². The van der Waals surface area contributed by atoms with E-state index >= 15 is 0 Å². The Kier molecular flexibility index (Phi) is 8.93. The van der Waals surface area contributed by atoms with Crippen LogP contribution < -0.4 is 27.6 Å². The summed E-state index contributed by atoms with van der Waals surface area (Å²) in [6, 6.07) is 18.4. The van der Waals surface area contributed by atoms with Gasteiger partial charge in [0.15, 0.2) is 0 Å². The van der Waals surface area contributed by atoms with Gasteiger partial charge < -0.3 is 16.4 Å². The van der Waals surface area contributed by atoms with Crippen LogP contribution >= 0.6 is 0 Å². The van der Waals surface area contributed by atoms with E-state index in [2.05, 4.69) is 4.90 Å². The zero-order valence-corrected chi connectivity index (χ0v) is 24.2. The molecule has 8 nitrogen and oxygen atoms in total. The topological polar surface area (TPSA) is 103 Å². The maximum atomic E-state index is 14.9. The molecule has 1 aliphatic heterocycles. The van der Waals surface area contributed by atoms with E-state index < -0.39 is 47.0 Å². The van der Waals surface area contributed by atoms with Gasteiger partial charge in [-0.1, -0.05) is 48.5 Å². The number of hydrogen-bond donors (Lipinski definition) is 2. The van der Waals surface area contributed by atoms with Crippen LogP contribution in [0.4, 0.5) is 28.9 Å². The van der Waals surface area contributed by atoms with E-state index in [-0.39, 0.29) is 17.9 Å². The largest absolute Gasteiger partial charge is 0.416 e. The molecule has 5 rings (SSSR count). The lowest BCUT2D eigenvalue weighted by molar-refractivity contribution is -0.138. The zero-order chi connectivity index (χ0) is 31.6. The predicted molar refractivity (Wildman–Crippen MR) is 162 cm³/mol. The second kappa shape index (κ2) is 12.7. The number of rotatable bonds is 8. The Morgan fingerprint density at radius 1 is 0.864 bits per heavy atom. The molecule has 1 aromatic heterocycles. The van der Waals surface area contributed by atoms with Crippen LogP contribution in [0, 0.1) is 12.7 Å². The second-order valence-electron chi connectivity index (χ2n) is 11.0. The van der Waals surface area contributed by atoms with Crippen molar-refractivity contribution in [3.8, 4) is 0 Å². The Hall–Kier alpha value is -4.42. The Bertz CT molecular complexity index is 1740. The van der Waals surface area contributed by atoms with Gasteiger partial charge in [0.05, 0.1) is 18.7 Å². The Morgan fingerprint density at radius 3 is 2.20 bits per heavy atom. The van der Waals surface area contributed by atoms with Gasteiger partial charge in [-0.15, -0.1) is 0 Å². The van der Waals surface area contributed by atoms with Crippen molar-refractivity contribution in [2.75, 3.05) is 36.8 Å². The van der Waals surface area contributed by atoms with Crippen LogP contribution in [0.25, 0.3) is 0 Å². The highest BCUT2D eigenvalue weighted by Crippen LogP contribution is 2.33. The van der Waals surface area contributed by atoms with Crippen LogP contribution in [0.1, 0.15) is 34.0 Å². The molecule has 4 N–H and O–H groups in total. The lowest BCUT2D eigenvalue weighted by Crippen LogP contribution is -2.51. The first-order valence-electron chi connectivity index (χ1n) is 14.2. The highest BCUT2D eigenvalue weighted by molar-refractivity contribution is 5.50. The van der Waals surface area contributed by atoms with Crippen molar-refractivity contribution in [1.82, 2.24) is 14.0 Å². The SMILES string of the molecule is Cc1c(N2CCN(Cc3cccc(N)c3)CC2)c(=O)n(C[C@H](N)c2ccccc2)c(=O)n1Cc1c(F)cccc1C(F)(F)F. The van der Waals surface area contributed by atoms with Crippen LogP contribution in [-0.2, 0) is 25.8 Å². The minimum absolute atomic E-state index is 0.158. The number of alkyl halides is 3. The van der Waals surface area contributed by atoms with Gasteiger partial charge in [0.1, 0.15) is 11.5 Å². The maximum absolute atomic E-state index is 14.9. The summed E-state index contributed by atoms with van der Waals surface area (Å²) < 4.78 is 58.5. The maximum Gasteiger partial charge on any atom is 0.416 e. The molecule has 1 saturated heterocycles. The van der Waals surface area contributed by atoms with Crippen molar-refractivity contribution in [1.29, 1.82) is 0 Å². The number of aromatic nitrogens is 2. The molecule has 0 amide bonds. The number of anilines is 2. The summed E-state index contributed by atoms with van der Waals surface area (Å²) in [4.78, 5) is 31.8. The van der Waals surface area contributed by atoms with Gasteiger partial charge in [0, 0.05) is 55.7 Å². The van der Waals surface area contributed by atoms with Crippen molar-refractivity contribution in [3.63, 3.8) is 0 Å². The fourth-order valence-corrected chi connectivity index (χ4v) is 5.72. The molecule has 0 spiro atoms. The van der Waals surface area contributed by atoms with Crippen LogP contribution in [-0.4, -0.2) is 40.2 Å². The summed E-state index contributed by atoms with van der Waals surface area (Å²) in [5.41, 5.74) is 11.7. The average molecular weight is 611 g/mol. The molecule has 232 valence electrons. The van der Waals surface area contributed by atoms with Gasteiger partial charge in [-0.25, -0.2) is 9.18 Å². The van der Waals surface area contributed by atoms with Gasteiger partial charge in [0.25, 0.3) is 5.56 Å². The Labute approximate surface area is 251 Å². The summed E-state index contributed by atoms with van der Waals surface area (Å²) in [6.07, 6.45) is -4.85. The number of nitrogens with zero attached hydrogens (tertiary/aromatic N) is 4. The Morgan fingerprint density at radius 2 is 1.55 bits per heavy atom. The molecule has 1 fully saturated rings. The number of benzene rings is 3. The number of nitrogens with two attached hydrogens (primary N) is 2. The lowest BCUT2D eigenvalue weighted by atomic mass is 10.1. The van der Waals surface area contributed by atoms with E-state index in [0.29, 0.717) is 44.0 Å². The van der Waals surface area contributed by atoms with E-state index in [0.717, 1.165) is 32.9 Å². The van der Waals surface area contributed by atoms with E-state index in [4.69, 9.17) is 11.5 Å². The highest BCUT2D eigenvalue weighted by Gasteiger charge is 2.35. The molecule has 2 heterocycles. The zero-order valence-electron chi connectivity index (χ0n) is 24.2. The predicted octanol–water partition coefficient (Wildman–Crippen LogP) is 4.13. The molecule has 3 aromatic carbocycles. The van der Waals surface area contributed by atoms with E-state index in [1.54, 1.807) is 30.3 Å².